The highest BCUT2D eigenvalue weighted by atomic mass is 16.2. The Hall–Kier alpha value is -2.11. The Balaban J connectivity index is 1.52. The Kier molecular flexibility index (Phi) is 4.79. The fraction of sp³-hybridized carbons (Fsp3) is 0.588. The standard InChI is InChI=1S/C17H25N5O/c1-14-12-19-16(20(14)2)6-5-15-4-3-9-22(15)17(23)7-10-21-11-8-18-13-21/h8,11-13,15H,3-7,9-10H2,1-2H3. The number of nitrogens with zero attached hydrogens (tertiary/aromatic N) is 5. The lowest BCUT2D eigenvalue weighted by molar-refractivity contribution is -0.132. The second-order valence-corrected chi connectivity index (χ2v) is 6.35. The van der Waals surface area contributed by atoms with E-state index < -0.39 is 0 Å². The van der Waals surface area contributed by atoms with E-state index >= 15 is 0 Å². The van der Waals surface area contributed by atoms with E-state index in [1.165, 1.54) is 5.69 Å². The van der Waals surface area contributed by atoms with Gasteiger partial charge >= 0.3 is 0 Å². The van der Waals surface area contributed by atoms with Gasteiger partial charge in [0.25, 0.3) is 0 Å². The molecule has 0 aliphatic carbocycles. The zero-order chi connectivity index (χ0) is 16.2. The molecule has 1 fully saturated rings. The average Bonchev–Trinajstić information content (AvgIpc) is 3.27. The molecule has 1 aliphatic heterocycles. The fourth-order valence-corrected chi connectivity index (χ4v) is 3.32. The predicted molar refractivity (Wildman–Crippen MR) is 87.8 cm³/mol. The largest absolute Gasteiger partial charge is 0.340 e. The number of aromatic nitrogens is 4. The number of likely N-dealkylation sites (tertiary alicyclic amines) is 1. The molecule has 1 unspecified atom stereocenters. The molecule has 1 atom stereocenters. The molecule has 3 heterocycles. The molecule has 0 bridgehead atoms. The zero-order valence-corrected chi connectivity index (χ0v) is 14.0. The van der Waals surface area contributed by atoms with Gasteiger partial charge in [-0.3, -0.25) is 4.79 Å². The molecule has 0 spiro atoms. The van der Waals surface area contributed by atoms with Crippen molar-refractivity contribution in [3.8, 4) is 0 Å². The van der Waals surface area contributed by atoms with Crippen molar-refractivity contribution in [1.29, 1.82) is 0 Å². The van der Waals surface area contributed by atoms with Crippen LogP contribution in [-0.2, 0) is 24.8 Å². The van der Waals surface area contributed by atoms with Crippen molar-refractivity contribution < 1.29 is 4.79 Å². The first-order valence-corrected chi connectivity index (χ1v) is 8.37. The summed E-state index contributed by atoms with van der Waals surface area (Å²) in [4.78, 5) is 23.1. The number of aryl methyl sites for hydroxylation is 3. The molecule has 23 heavy (non-hydrogen) atoms. The predicted octanol–water partition coefficient (Wildman–Crippen LogP) is 1.94. The topological polar surface area (TPSA) is 56.0 Å². The van der Waals surface area contributed by atoms with Crippen LogP contribution >= 0.6 is 0 Å². The molecule has 2 aromatic rings. The Morgan fingerprint density at radius 2 is 2.30 bits per heavy atom. The van der Waals surface area contributed by atoms with Gasteiger partial charge in [-0.1, -0.05) is 0 Å². The summed E-state index contributed by atoms with van der Waals surface area (Å²) in [5.41, 5.74) is 1.18. The molecule has 0 radical (unpaired) electrons. The van der Waals surface area contributed by atoms with Crippen molar-refractivity contribution in [2.24, 2.45) is 7.05 Å². The highest BCUT2D eigenvalue weighted by Gasteiger charge is 2.28. The maximum atomic E-state index is 12.5. The van der Waals surface area contributed by atoms with Gasteiger partial charge in [-0.25, -0.2) is 9.97 Å². The molecule has 6 heteroatoms. The summed E-state index contributed by atoms with van der Waals surface area (Å²) < 4.78 is 4.10. The Labute approximate surface area is 137 Å². The normalized spacial score (nSPS) is 17.8. The van der Waals surface area contributed by atoms with Crippen LogP contribution in [0.4, 0.5) is 0 Å². The van der Waals surface area contributed by atoms with E-state index in [2.05, 4.69) is 33.4 Å². The van der Waals surface area contributed by atoms with Crippen LogP contribution in [0.2, 0.25) is 0 Å². The van der Waals surface area contributed by atoms with Gasteiger partial charge in [-0.05, 0) is 26.2 Å². The average molecular weight is 315 g/mol. The van der Waals surface area contributed by atoms with Gasteiger partial charge in [0.05, 0.1) is 6.33 Å². The molecule has 3 rings (SSSR count). The monoisotopic (exact) mass is 315 g/mol. The van der Waals surface area contributed by atoms with Crippen LogP contribution in [-0.4, -0.2) is 42.5 Å². The summed E-state index contributed by atoms with van der Waals surface area (Å²) in [5, 5.41) is 0. The SMILES string of the molecule is Cc1cnc(CCC2CCCN2C(=O)CCn2ccnc2)n1C. The van der Waals surface area contributed by atoms with Gasteiger partial charge in [0.2, 0.25) is 5.91 Å². The summed E-state index contributed by atoms with van der Waals surface area (Å²) in [6.45, 7) is 3.67. The van der Waals surface area contributed by atoms with Crippen LogP contribution in [0.5, 0.6) is 0 Å². The maximum Gasteiger partial charge on any atom is 0.224 e. The molecular weight excluding hydrogens is 290 g/mol. The van der Waals surface area contributed by atoms with E-state index in [1.54, 1.807) is 12.5 Å². The van der Waals surface area contributed by atoms with Crippen molar-refractivity contribution in [3.05, 3.63) is 36.4 Å². The fourth-order valence-electron chi connectivity index (χ4n) is 3.32. The minimum atomic E-state index is 0.261. The van der Waals surface area contributed by atoms with Crippen LogP contribution in [0.3, 0.4) is 0 Å². The molecule has 2 aromatic heterocycles. The molecule has 1 amide bonds. The number of hydrogen-bond donors (Lipinski definition) is 0. The lowest BCUT2D eigenvalue weighted by atomic mass is 10.1. The summed E-state index contributed by atoms with van der Waals surface area (Å²) >= 11 is 0. The number of amides is 1. The highest BCUT2D eigenvalue weighted by molar-refractivity contribution is 5.76. The van der Waals surface area contributed by atoms with Gasteiger partial charge in [0.1, 0.15) is 5.82 Å². The van der Waals surface area contributed by atoms with Crippen molar-refractivity contribution >= 4 is 5.91 Å². The van der Waals surface area contributed by atoms with E-state index in [9.17, 15) is 4.79 Å². The molecule has 124 valence electrons. The van der Waals surface area contributed by atoms with E-state index in [4.69, 9.17) is 0 Å². The second-order valence-electron chi connectivity index (χ2n) is 6.35. The minimum absolute atomic E-state index is 0.261. The summed E-state index contributed by atoms with van der Waals surface area (Å²) in [5.74, 6) is 1.37. The number of carbonyl (C=O) groups excluding carboxylic acids is 1. The first-order chi connectivity index (χ1) is 11.1. The van der Waals surface area contributed by atoms with E-state index in [0.717, 1.165) is 38.1 Å². The van der Waals surface area contributed by atoms with Crippen LogP contribution in [0.1, 0.15) is 37.2 Å². The van der Waals surface area contributed by atoms with Gasteiger partial charge in [-0.2, -0.15) is 0 Å². The van der Waals surface area contributed by atoms with Crippen LogP contribution in [0.15, 0.2) is 24.9 Å². The second kappa shape index (κ2) is 6.98. The zero-order valence-electron chi connectivity index (χ0n) is 14.0. The van der Waals surface area contributed by atoms with E-state index in [-0.39, 0.29) is 5.91 Å². The Morgan fingerprint density at radius 3 is 3.00 bits per heavy atom. The van der Waals surface area contributed by atoms with Crippen molar-refractivity contribution in [2.45, 2.75) is 51.6 Å². The third kappa shape index (κ3) is 3.63. The van der Waals surface area contributed by atoms with Gasteiger partial charge in [0, 0.05) is 63.3 Å². The molecule has 0 aromatic carbocycles. The third-order valence-electron chi connectivity index (χ3n) is 4.86. The molecule has 0 N–H and O–H groups in total. The maximum absolute atomic E-state index is 12.5. The smallest absolute Gasteiger partial charge is 0.224 e. The highest BCUT2D eigenvalue weighted by Crippen LogP contribution is 2.22. The van der Waals surface area contributed by atoms with E-state index in [1.807, 2.05) is 17.0 Å². The van der Waals surface area contributed by atoms with Crippen LogP contribution < -0.4 is 0 Å². The summed E-state index contributed by atoms with van der Waals surface area (Å²) in [7, 11) is 2.06. The minimum Gasteiger partial charge on any atom is -0.340 e. The quantitative estimate of drug-likeness (QED) is 0.818. The van der Waals surface area contributed by atoms with Crippen molar-refractivity contribution in [2.75, 3.05) is 6.54 Å². The number of rotatable bonds is 6. The number of carbonyl (C=O) groups is 1. The molecular formula is C17H25N5O. The first kappa shape index (κ1) is 15.8. The number of imidazole rings is 2. The van der Waals surface area contributed by atoms with Gasteiger partial charge in [0.15, 0.2) is 0 Å². The third-order valence-corrected chi connectivity index (χ3v) is 4.86. The van der Waals surface area contributed by atoms with Crippen molar-refractivity contribution in [1.82, 2.24) is 24.0 Å². The lowest BCUT2D eigenvalue weighted by Gasteiger charge is -2.25. The Bertz CT molecular complexity index is 646. The van der Waals surface area contributed by atoms with Crippen LogP contribution in [0.25, 0.3) is 0 Å². The molecule has 0 saturated carbocycles. The molecule has 1 aliphatic rings. The van der Waals surface area contributed by atoms with Gasteiger partial charge in [-0.15, -0.1) is 0 Å². The Morgan fingerprint density at radius 1 is 1.43 bits per heavy atom. The summed E-state index contributed by atoms with van der Waals surface area (Å²) in [6, 6.07) is 0.363. The molecule has 1 saturated heterocycles. The number of hydrogen-bond acceptors (Lipinski definition) is 3. The summed E-state index contributed by atoms with van der Waals surface area (Å²) in [6.07, 6.45) is 12.0. The van der Waals surface area contributed by atoms with Crippen molar-refractivity contribution in [3.63, 3.8) is 0 Å². The van der Waals surface area contributed by atoms with E-state index in [0.29, 0.717) is 19.0 Å². The van der Waals surface area contributed by atoms with Crippen LogP contribution in [0, 0.1) is 6.92 Å². The van der Waals surface area contributed by atoms with Gasteiger partial charge < -0.3 is 14.0 Å². The first-order valence-electron chi connectivity index (χ1n) is 8.37. The molecule has 6 nitrogen and oxygen atoms in total. The lowest BCUT2D eigenvalue weighted by Crippen LogP contribution is -2.36.